The molecule has 1 aliphatic carbocycles. The van der Waals surface area contributed by atoms with Crippen molar-refractivity contribution in [3.8, 4) is 0 Å². The van der Waals surface area contributed by atoms with Gasteiger partial charge in [-0.15, -0.1) is 0 Å². The van der Waals surface area contributed by atoms with Crippen LogP contribution in [0.2, 0.25) is 0 Å². The average molecular weight is 328 g/mol. The average Bonchev–Trinajstić information content (AvgIpc) is 2.49. The van der Waals surface area contributed by atoms with Crippen molar-refractivity contribution in [3.05, 3.63) is 0 Å². The fourth-order valence-electron chi connectivity index (χ4n) is 3.17. The number of nitrogens with zero attached hydrogens (tertiary/aromatic N) is 1. The first-order valence-electron chi connectivity index (χ1n) is 9.07. The summed E-state index contributed by atoms with van der Waals surface area (Å²) in [4.78, 5) is 14.0. The van der Waals surface area contributed by atoms with Gasteiger partial charge in [0.15, 0.2) is 0 Å². The van der Waals surface area contributed by atoms with Gasteiger partial charge in [-0.1, -0.05) is 26.2 Å². The number of methoxy groups -OCH3 is 1. The first-order chi connectivity index (χ1) is 10.9. The summed E-state index contributed by atoms with van der Waals surface area (Å²) in [6.45, 7) is 10.5. The monoisotopic (exact) mass is 328 g/mol. The Bertz CT molecular complexity index is 342. The number of nitrogens with one attached hydrogen (secondary N) is 1. The molecule has 5 nitrogen and oxygen atoms in total. The first kappa shape index (κ1) is 20.2. The van der Waals surface area contributed by atoms with E-state index in [2.05, 4.69) is 12.2 Å². The van der Waals surface area contributed by atoms with Gasteiger partial charge in [-0.05, 0) is 39.5 Å². The van der Waals surface area contributed by atoms with E-state index in [1.807, 2.05) is 20.8 Å². The zero-order valence-electron chi connectivity index (χ0n) is 15.7. The van der Waals surface area contributed by atoms with Crippen LogP contribution in [-0.4, -0.2) is 56.0 Å². The molecule has 0 heterocycles. The number of ether oxygens (including phenoxy) is 2. The van der Waals surface area contributed by atoms with Gasteiger partial charge in [0.2, 0.25) is 0 Å². The van der Waals surface area contributed by atoms with Crippen molar-refractivity contribution >= 4 is 6.09 Å². The van der Waals surface area contributed by atoms with Crippen molar-refractivity contribution in [3.63, 3.8) is 0 Å². The van der Waals surface area contributed by atoms with Gasteiger partial charge < -0.3 is 19.7 Å². The number of carbonyl (C=O) groups is 1. The number of hydrogen-bond donors (Lipinski definition) is 1. The van der Waals surface area contributed by atoms with Gasteiger partial charge in [0.1, 0.15) is 5.60 Å². The Hall–Kier alpha value is -0.810. The summed E-state index contributed by atoms with van der Waals surface area (Å²) in [7, 11) is 1.65. The van der Waals surface area contributed by atoms with Gasteiger partial charge in [-0.2, -0.15) is 0 Å². The Morgan fingerprint density at radius 1 is 1.22 bits per heavy atom. The van der Waals surface area contributed by atoms with E-state index in [-0.39, 0.29) is 6.09 Å². The topological polar surface area (TPSA) is 50.8 Å². The molecule has 2 atom stereocenters. The van der Waals surface area contributed by atoms with E-state index in [1.54, 1.807) is 12.0 Å². The molecule has 5 heteroatoms. The molecule has 2 unspecified atom stereocenters. The van der Waals surface area contributed by atoms with E-state index in [4.69, 9.17) is 9.47 Å². The Kier molecular flexibility index (Phi) is 8.92. The quantitative estimate of drug-likeness (QED) is 0.742. The van der Waals surface area contributed by atoms with Crippen LogP contribution in [0.5, 0.6) is 0 Å². The molecular weight excluding hydrogens is 292 g/mol. The highest BCUT2D eigenvalue weighted by molar-refractivity contribution is 5.68. The molecule has 0 saturated heterocycles. The van der Waals surface area contributed by atoms with Gasteiger partial charge in [-0.25, -0.2) is 4.79 Å². The molecule has 0 aliphatic heterocycles. The van der Waals surface area contributed by atoms with Crippen LogP contribution in [0.15, 0.2) is 0 Å². The number of rotatable bonds is 8. The Labute approximate surface area is 142 Å². The van der Waals surface area contributed by atoms with Crippen molar-refractivity contribution in [1.29, 1.82) is 0 Å². The third-order valence-corrected chi connectivity index (χ3v) is 4.44. The van der Waals surface area contributed by atoms with Crippen molar-refractivity contribution in [2.24, 2.45) is 5.92 Å². The summed E-state index contributed by atoms with van der Waals surface area (Å²) in [6, 6.07) is 0.594. The minimum Gasteiger partial charge on any atom is -0.444 e. The summed E-state index contributed by atoms with van der Waals surface area (Å²) in [5.41, 5.74) is -0.466. The van der Waals surface area contributed by atoms with Crippen molar-refractivity contribution in [1.82, 2.24) is 10.2 Å². The van der Waals surface area contributed by atoms with E-state index in [1.165, 1.54) is 32.1 Å². The molecule has 0 aromatic rings. The number of amides is 1. The smallest absolute Gasteiger partial charge is 0.410 e. The molecule has 0 radical (unpaired) electrons. The Morgan fingerprint density at radius 2 is 1.91 bits per heavy atom. The Balaban J connectivity index is 2.45. The van der Waals surface area contributed by atoms with Crippen molar-refractivity contribution < 1.29 is 14.3 Å². The standard InChI is InChI=1S/C18H36N2O3/c1-6-15-9-7-8-10-16(15)19-11-12-20(13-14-22-5)17(21)23-18(2,3)4/h15-16,19H,6-14H2,1-5H3. The SMILES string of the molecule is CCC1CCCCC1NCCN(CCOC)C(=O)OC(C)(C)C. The molecule has 1 saturated carbocycles. The van der Waals surface area contributed by atoms with E-state index in [9.17, 15) is 4.79 Å². The lowest BCUT2D eigenvalue weighted by molar-refractivity contribution is 0.0201. The predicted octanol–water partition coefficient (Wildman–Crippen LogP) is 3.43. The molecule has 136 valence electrons. The summed E-state index contributed by atoms with van der Waals surface area (Å²) in [5, 5.41) is 3.66. The largest absolute Gasteiger partial charge is 0.444 e. The minimum absolute atomic E-state index is 0.257. The maximum Gasteiger partial charge on any atom is 0.410 e. The molecule has 1 rings (SSSR count). The second-order valence-corrected chi connectivity index (χ2v) is 7.47. The third kappa shape index (κ3) is 8.02. The predicted molar refractivity (Wildman–Crippen MR) is 93.7 cm³/mol. The van der Waals surface area contributed by atoms with Crippen LogP contribution in [-0.2, 0) is 9.47 Å². The summed E-state index contributed by atoms with van der Waals surface area (Å²) >= 11 is 0. The van der Waals surface area contributed by atoms with Crippen LogP contribution in [0, 0.1) is 5.92 Å². The zero-order chi connectivity index (χ0) is 17.3. The van der Waals surface area contributed by atoms with Crippen molar-refractivity contribution in [2.45, 2.75) is 71.4 Å². The maximum absolute atomic E-state index is 12.3. The van der Waals surface area contributed by atoms with Gasteiger partial charge in [0.25, 0.3) is 0 Å². The maximum atomic E-state index is 12.3. The van der Waals surface area contributed by atoms with E-state index in [0.29, 0.717) is 25.7 Å². The minimum atomic E-state index is -0.466. The highest BCUT2D eigenvalue weighted by Crippen LogP contribution is 2.26. The van der Waals surface area contributed by atoms with E-state index >= 15 is 0 Å². The Morgan fingerprint density at radius 3 is 2.52 bits per heavy atom. The molecular formula is C18H36N2O3. The number of carbonyl (C=O) groups excluding carboxylic acids is 1. The molecule has 0 bridgehead atoms. The molecule has 23 heavy (non-hydrogen) atoms. The summed E-state index contributed by atoms with van der Waals surface area (Å²) < 4.78 is 10.6. The molecule has 1 aliphatic rings. The molecule has 1 fully saturated rings. The third-order valence-electron chi connectivity index (χ3n) is 4.44. The molecule has 1 N–H and O–H groups in total. The lowest BCUT2D eigenvalue weighted by Crippen LogP contribution is -2.45. The summed E-state index contributed by atoms with van der Waals surface area (Å²) in [6.07, 6.45) is 6.22. The van der Waals surface area contributed by atoms with Gasteiger partial charge in [-0.3, -0.25) is 0 Å². The molecule has 0 aromatic heterocycles. The fraction of sp³-hybridized carbons (Fsp3) is 0.944. The van der Waals surface area contributed by atoms with Crippen LogP contribution >= 0.6 is 0 Å². The van der Waals surface area contributed by atoms with Gasteiger partial charge in [0, 0.05) is 32.8 Å². The first-order valence-corrected chi connectivity index (χ1v) is 9.07. The molecule has 0 spiro atoms. The normalized spacial score (nSPS) is 22.0. The van der Waals surface area contributed by atoms with Crippen molar-refractivity contribution in [2.75, 3.05) is 33.4 Å². The van der Waals surface area contributed by atoms with E-state index in [0.717, 1.165) is 12.5 Å². The highest BCUT2D eigenvalue weighted by Gasteiger charge is 2.25. The van der Waals surface area contributed by atoms with Gasteiger partial charge in [0.05, 0.1) is 6.61 Å². The van der Waals surface area contributed by atoms with Crippen LogP contribution in [0.1, 0.15) is 59.8 Å². The van der Waals surface area contributed by atoms with Gasteiger partial charge >= 0.3 is 6.09 Å². The lowest BCUT2D eigenvalue weighted by Gasteiger charge is -2.33. The lowest BCUT2D eigenvalue weighted by atomic mass is 9.83. The summed E-state index contributed by atoms with van der Waals surface area (Å²) in [5.74, 6) is 0.776. The van der Waals surface area contributed by atoms with Crippen LogP contribution < -0.4 is 5.32 Å². The van der Waals surface area contributed by atoms with Crippen LogP contribution in [0.4, 0.5) is 4.79 Å². The molecule has 0 aromatic carbocycles. The fourth-order valence-corrected chi connectivity index (χ4v) is 3.17. The second-order valence-electron chi connectivity index (χ2n) is 7.47. The van der Waals surface area contributed by atoms with Crippen LogP contribution in [0.25, 0.3) is 0 Å². The second kappa shape index (κ2) is 10.1. The highest BCUT2D eigenvalue weighted by atomic mass is 16.6. The van der Waals surface area contributed by atoms with E-state index < -0.39 is 5.60 Å². The molecule has 1 amide bonds. The zero-order valence-corrected chi connectivity index (χ0v) is 15.7. The number of hydrogen-bond acceptors (Lipinski definition) is 4. The van der Waals surface area contributed by atoms with Crippen LogP contribution in [0.3, 0.4) is 0 Å².